The van der Waals surface area contributed by atoms with Crippen LogP contribution in [0.5, 0.6) is 0 Å². The van der Waals surface area contributed by atoms with Crippen LogP contribution in [0, 0.1) is 0 Å². The Morgan fingerprint density at radius 2 is 1.94 bits per heavy atom. The van der Waals surface area contributed by atoms with Gasteiger partial charge in [-0.3, -0.25) is 4.79 Å². The van der Waals surface area contributed by atoms with Crippen LogP contribution >= 0.6 is 23.5 Å². The van der Waals surface area contributed by atoms with E-state index in [9.17, 15) is 4.79 Å². The van der Waals surface area contributed by atoms with Crippen molar-refractivity contribution in [3.8, 4) is 0 Å². The maximum Gasteiger partial charge on any atom is 0.176 e. The van der Waals surface area contributed by atoms with Crippen molar-refractivity contribution in [3.63, 3.8) is 0 Å². The molecule has 0 saturated carbocycles. The van der Waals surface area contributed by atoms with Gasteiger partial charge in [-0.25, -0.2) is 0 Å². The third-order valence-corrected chi connectivity index (χ3v) is 5.72. The highest BCUT2D eigenvalue weighted by atomic mass is 32.2. The second-order valence-corrected chi connectivity index (χ2v) is 7.04. The molecule has 1 atom stereocenters. The predicted molar refractivity (Wildman–Crippen MR) is 78.4 cm³/mol. The molecule has 1 fully saturated rings. The number of carbonyl (C=O) groups excluding carboxylic acids is 1. The molecule has 1 aliphatic heterocycles. The number of ketones is 1. The molecular weight excluding hydrogens is 248 g/mol. The van der Waals surface area contributed by atoms with Gasteiger partial charge in [0.05, 0.1) is 5.25 Å². The summed E-state index contributed by atoms with van der Waals surface area (Å²) in [6.07, 6.45) is 0. The molecule has 0 radical (unpaired) electrons. The zero-order chi connectivity index (χ0) is 12.3. The largest absolute Gasteiger partial charge is 0.293 e. The van der Waals surface area contributed by atoms with Gasteiger partial charge in [-0.2, -0.15) is 11.8 Å². The third kappa shape index (κ3) is 3.29. The Balaban J connectivity index is 2.08. The number of benzene rings is 1. The molecule has 0 amide bonds. The number of rotatable bonds is 3. The SMILES string of the molecule is CC(C)c1ccc(C(=O)C2CSCCS2)cc1. The number of carbonyl (C=O) groups is 1. The van der Waals surface area contributed by atoms with E-state index in [2.05, 4.69) is 26.0 Å². The highest BCUT2D eigenvalue weighted by Crippen LogP contribution is 2.27. The van der Waals surface area contributed by atoms with Crippen molar-refractivity contribution in [2.45, 2.75) is 25.0 Å². The van der Waals surface area contributed by atoms with E-state index < -0.39 is 0 Å². The first kappa shape index (κ1) is 13.0. The second kappa shape index (κ2) is 5.96. The lowest BCUT2D eigenvalue weighted by atomic mass is 10.00. The monoisotopic (exact) mass is 266 g/mol. The van der Waals surface area contributed by atoms with E-state index in [4.69, 9.17) is 0 Å². The molecule has 3 heteroatoms. The molecule has 2 rings (SSSR count). The van der Waals surface area contributed by atoms with Crippen molar-refractivity contribution in [3.05, 3.63) is 35.4 Å². The molecule has 0 bridgehead atoms. The van der Waals surface area contributed by atoms with Gasteiger partial charge < -0.3 is 0 Å². The molecular formula is C14H18OS2. The van der Waals surface area contributed by atoms with Gasteiger partial charge in [-0.05, 0) is 11.5 Å². The molecule has 0 aliphatic carbocycles. The molecule has 1 aliphatic rings. The Kier molecular flexibility index (Phi) is 4.57. The van der Waals surface area contributed by atoms with E-state index in [1.165, 1.54) is 11.3 Å². The van der Waals surface area contributed by atoms with Gasteiger partial charge in [0.2, 0.25) is 0 Å². The third-order valence-electron chi connectivity index (χ3n) is 2.97. The predicted octanol–water partition coefficient (Wildman–Crippen LogP) is 3.84. The van der Waals surface area contributed by atoms with Crippen LogP contribution in [-0.4, -0.2) is 28.3 Å². The molecule has 1 aromatic carbocycles. The Bertz CT molecular complexity index is 378. The molecule has 1 nitrogen and oxygen atoms in total. The van der Waals surface area contributed by atoms with Gasteiger partial charge in [0.15, 0.2) is 5.78 Å². The summed E-state index contributed by atoms with van der Waals surface area (Å²) in [6, 6.07) is 8.13. The molecule has 1 unspecified atom stereocenters. The smallest absolute Gasteiger partial charge is 0.176 e. The second-order valence-electron chi connectivity index (χ2n) is 4.58. The average molecular weight is 266 g/mol. The molecule has 1 aromatic rings. The van der Waals surface area contributed by atoms with Crippen LogP contribution in [0.3, 0.4) is 0 Å². The topological polar surface area (TPSA) is 17.1 Å². The van der Waals surface area contributed by atoms with E-state index >= 15 is 0 Å². The Hall–Kier alpha value is -0.410. The van der Waals surface area contributed by atoms with Crippen LogP contribution in [0.2, 0.25) is 0 Å². The minimum atomic E-state index is 0.165. The van der Waals surface area contributed by atoms with Gasteiger partial charge in [-0.15, -0.1) is 11.8 Å². The van der Waals surface area contributed by atoms with E-state index in [1.807, 2.05) is 23.9 Å². The first-order valence-corrected chi connectivity index (χ1v) is 8.22. The van der Waals surface area contributed by atoms with Crippen molar-refractivity contribution < 1.29 is 4.79 Å². The fourth-order valence-electron chi connectivity index (χ4n) is 1.86. The van der Waals surface area contributed by atoms with Gasteiger partial charge in [0.25, 0.3) is 0 Å². The average Bonchev–Trinajstić information content (AvgIpc) is 2.39. The van der Waals surface area contributed by atoms with E-state index in [0.717, 1.165) is 17.1 Å². The van der Waals surface area contributed by atoms with Crippen LogP contribution < -0.4 is 0 Å². The maximum absolute atomic E-state index is 12.2. The van der Waals surface area contributed by atoms with Gasteiger partial charge in [0.1, 0.15) is 0 Å². The minimum Gasteiger partial charge on any atom is -0.293 e. The van der Waals surface area contributed by atoms with E-state index in [1.54, 1.807) is 11.8 Å². The van der Waals surface area contributed by atoms with Crippen molar-refractivity contribution in [1.82, 2.24) is 0 Å². The van der Waals surface area contributed by atoms with Crippen molar-refractivity contribution in [2.24, 2.45) is 0 Å². The first-order chi connectivity index (χ1) is 8.18. The van der Waals surface area contributed by atoms with E-state index in [0.29, 0.717) is 11.7 Å². The zero-order valence-electron chi connectivity index (χ0n) is 10.3. The standard InChI is InChI=1S/C14H18OS2/c1-10(2)11-3-5-12(6-4-11)14(15)13-9-16-7-8-17-13/h3-6,10,13H,7-9H2,1-2H3. The normalized spacial score (nSPS) is 20.5. The molecule has 92 valence electrons. The Morgan fingerprint density at radius 3 is 2.47 bits per heavy atom. The summed E-state index contributed by atoms with van der Waals surface area (Å²) in [4.78, 5) is 12.2. The Morgan fingerprint density at radius 1 is 1.24 bits per heavy atom. The summed E-state index contributed by atoms with van der Waals surface area (Å²) >= 11 is 3.70. The van der Waals surface area contributed by atoms with Crippen LogP contribution in [0.4, 0.5) is 0 Å². The highest BCUT2D eigenvalue weighted by molar-refractivity contribution is 8.07. The van der Waals surface area contributed by atoms with Gasteiger partial charge in [0, 0.05) is 22.8 Å². The van der Waals surface area contributed by atoms with Crippen molar-refractivity contribution >= 4 is 29.3 Å². The highest BCUT2D eigenvalue weighted by Gasteiger charge is 2.23. The molecule has 1 heterocycles. The van der Waals surface area contributed by atoms with Crippen molar-refractivity contribution in [1.29, 1.82) is 0 Å². The maximum atomic E-state index is 12.2. The first-order valence-electron chi connectivity index (χ1n) is 6.02. The molecule has 1 saturated heterocycles. The quantitative estimate of drug-likeness (QED) is 0.774. The van der Waals surface area contributed by atoms with Crippen LogP contribution in [-0.2, 0) is 0 Å². The lowest BCUT2D eigenvalue weighted by Gasteiger charge is -2.19. The fourth-order valence-corrected chi connectivity index (χ4v) is 4.49. The zero-order valence-corrected chi connectivity index (χ0v) is 11.9. The number of hydrogen-bond donors (Lipinski definition) is 0. The summed E-state index contributed by atoms with van der Waals surface area (Å²) in [7, 11) is 0. The lowest BCUT2D eigenvalue weighted by molar-refractivity contribution is 0.0995. The van der Waals surface area contributed by atoms with Crippen LogP contribution in [0.15, 0.2) is 24.3 Å². The molecule has 0 N–H and O–H groups in total. The number of hydrogen-bond acceptors (Lipinski definition) is 3. The van der Waals surface area contributed by atoms with Crippen LogP contribution in [0.1, 0.15) is 35.7 Å². The fraction of sp³-hybridized carbons (Fsp3) is 0.500. The minimum absolute atomic E-state index is 0.165. The molecule has 0 aromatic heterocycles. The molecule has 0 spiro atoms. The number of Topliss-reactive ketones (excluding diaryl/α,β-unsaturated/α-hetero) is 1. The van der Waals surface area contributed by atoms with Crippen LogP contribution in [0.25, 0.3) is 0 Å². The summed E-state index contributed by atoms with van der Waals surface area (Å²) in [5, 5.41) is 0.165. The van der Waals surface area contributed by atoms with Gasteiger partial charge >= 0.3 is 0 Å². The van der Waals surface area contributed by atoms with Crippen molar-refractivity contribution in [2.75, 3.05) is 17.3 Å². The molecule has 17 heavy (non-hydrogen) atoms. The summed E-state index contributed by atoms with van der Waals surface area (Å²) in [6.45, 7) is 4.34. The van der Waals surface area contributed by atoms with Gasteiger partial charge in [-0.1, -0.05) is 38.1 Å². The summed E-state index contributed by atoms with van der Waals surface area (Å²) in [5.41, 5.74) is 2.17. The summed E-state index contributed by atoms with van der Waals surface area (Å²) < 4.78 is 0. The number of thioether (sulfide) groups is 2. The Labute approximate surface area is 112 Å². The summed E-state index contributed by atoms with van der Waals surface area (Å²) in [5.74, 6) is 4.08. The lowest BCUT2D eigenvalue weighted by Crippen LogP contribution is -2.24. The van der Waals surface area contributed by atoms with E-state index in [-0.39, 0.29) is 5.25 Å².